The number of ether oxygens (including phenoxy) is 1. The first-order valence-corrected chi connectivity index (χ1v) is 5.10. The quantitative estimate of drug-likeness (QED) is 0.650. The number of allylic oxidation sites excluding steroid dienone is 1. The molecular weight excluding hydrogens is 236 g/mol. The van der Waals surface area contributed by atoms with Crippen LogP contribution in [0.3, 0.4) is 0 Å². The average molecular weight is 248 g/mol. The van der Waals surface area contributed by atoms with Crippen molar-refractivity contribution in [3.05, 3.63) is 29.0 Å². The zero-order valence-electron chi connectivity index (χ0n) is 10.2. The number of amides is 1. The molecule has 18 heavy (non-hydrogen) atoms. The van der Waals surface area contributed by atoms with Gasteiger partial charge in [0.15, 0.2) is 0 Å². The maximum atomic E-state index is 11.5. The molecule has 0 aliphatic heterocycles. The summed E-state index contributed by atoms with van der Waals surface area (Å²) in [6.07, 6.45) is 2.81. The van der Waals surface area contributed by atoms with Gasteiger partial charge in [-0.2, -0.15) is 5.26 Å². The minimum absolute atomic E-state index is 0.0239. The van der Waals surface area contributed by atoms with Crippen LogP contribution in [0.15, 0.2) is 16.6 Å². The third kappa shape index (κ3) is 2.58. The lowest BCUT2D eigenvalue weighted by Gasteiger charge is -1.97. The van der Waals surface area contributed by atoms with Crippen LogP contribution in [0, 0.1) is 18.3 Å². The standard InChI is InChI=1S/C12H12N2O4/c1-4-5-9(15)14-11-8(6-13)10(7(2)18-11)12(16)17-3/h4-5H,1-3H3,(H,14,15)/b5-4+. The smallest absolute Gasteiger partial charge is 0.342 e. The summed E-state index contributed by atoms with van der Waals surface area (Å²) < 4.78 is 9.74. The van der Waals surface area contributed by atoms with Gasteiger partial charge in [-0.15, -0.1) is 0 Å². The second kappa shape index (κ2) is 5.68. The van der Waals surface area contributed by atoms with Gasteiger partial charge in [0.25, 0.3) is 0 Å². The Balaban J connectivity index is 3.20. The van der Waals surface area contributed by atoms with Crippen molar-refractivity contribution in [2.45, 2.75) is 13.8 Å². The molecule has 0 atom stereocenters. The van der Waals surface area contributed by atoms with Gasteiger partial charge in [0.05, 0.1) is 7.11 Å². The van der Waals surface area contributed by atoms with Crippen molar-refractivity contribution in [3.63, 3.8) is 0 Å². The summed E-state index contributed by atoms with van der Waals surface area (Å²) >= 11 is 0. The van der Waals surface area contributed by atoms with Gasteiger partial charge < -0.3 is 9.15 Å². The molecule has 1 rings (SSSR count). The molecule has 1 amide bonds. The number of furan rings is 1. The van der Waals surface area contributed by atoms with E-state index < -0.39 is 11.9 Å². The molecule has 0 saturated heterocycles. The second-order valence-electron chi connectivity index (χ2n) is 3.33. The van der Waals surface area contributed by atoms with E-state index in [2.05, 4.69) is 10.1 Å². The van der Waals surface area contributed by atoms with Crippen LogP contribution in [-0.4, -0.2) is 19.0 Å². The first-order valence-electron chi connectivity index (χ1n) is 5.10. The molecule has 0 spiro atoms. The number of rotatable bonds is 3. The number of nitrogens with one attached hydrogen (secondary N) is 1. The molecule has 6 nitrogen and oxygen atoms in total. The van der Waals surface area contributed by atoms with E-state index in [1.807, 2.05) is 6.07 Å². The summed E-state index contributed by atoms with van der Waals surface area (Å²) in [5, 5.41) is 11.4. The lowest BCUT2D eigenvalue weighted by Crippen LogP contribution is -2.09. The molecule has 0 aliphatic carbocycles. The van der Waals surface area contributed by atoms with E-state index in [1.165, 1.54) is 20.1 Å². The first kappa shape index (κ1) is 13.5. The normalized spacial score (nSPS) is 10.1. The van der Waals surface area contributed by atoms with Gasteiger partial charge in [0.1, 0.15) is 23.0 Å². The summed E-state index contributed by atoms with van der Waals surface area (Å²) in [7, 11) is 1.20. The Labute approximate surface area is 104 Å². The number of esters is 1. The van der Waals surface area contributed by atoms with Gasteiger partial charge in [-0.3, -0.25) is 10.1 Å². The lowest BCUT2D eigenvalue weighted by atomic mass is 10.1. The minimum Gasteiger partial charge on any atom is -0.465 e. The van der Waals surface area contributed by atoms with E-state index in [9.17, 15) is 9.59 Å². The number of hydrogen-bond acceptors (Lipinski definition) is 5. The summed E-state index contributed by atoms with van der Waals surface area (Å²) in [5.41, 5.74) is -0.0204. The molecule has 0 unspecified atom stereocenters. The fraction of sp³-hybridized carbons (Fsp3) is 0.250. The van der Waals surface area contributed by atoms with Crippen LogP contribution < -0.4 is 5.32 Å². The van der Waals surface area contributed by atoms with Crippen LogP contribution in [0.5, 0.6) is 0 Å². The summed E-state index contributed by atoms with van der Waals surface area (Å²) in [6, 6.07) is 1.81. The highest BCUT2D eigenvalue weighted by Gasteiger charge is 2.24. The third-order valence-corrected chi connectivity index (χ3v) is 2.14. The topological polar surface area (TPSA) is 92.3 Å². The molecule has 6 heteroatoms. The van der Waals surface area contributed by atoms with Crippen LogP contribution >= 0.6 is 0 Å². The fourth-order valence-corrected chi connectivity index (χ4v) is 1.39. The number of nitrogens with zero attached hydrogens (tertiary/aromatic N) is 1. The Morgan fingerprint density at radius 3 is 2.67 bits per heavy atom. The molecule has 94 valence electrons. The summed E-state index contributed by atoms with van der Waals surface area (Å²) in [6.45, 7) is 3.19. The van der Waals surface area contributed by atoms with Gasteiger partial charge >= 0.3 is 5.97 Å². The first-order chi connectivity index (χ1) is 8.54. The van der Waals surface area contributed by atoms with Crippen molar-refractivity contribution in [2.24, 2.45) is 0 Å². The molecule has 0 fully saturated rings. The molecule has 0 aromatic carbocycles. The number of carbonyl (C=O) groups excluding carboxylic acids is 2. The van der Waals surface area contributed by atoms with Crippen molar-refractivity contribution < 1.29 is 18.7 Å². The maximum Gasteiger partial charge on any atom is 0.342 e. The predicted octanol–water partition coefficient (Wildman–Crippen LogP) is 1.76. The Bertz CT molecular complexity index is 549. The molecule has 0 radical (unpaired) electrons. The van der Waals surface area contributed by atoms with Crippen LogP contribution in [0.25, 0.3) is 0 Å². The van der Waals surface area contributed by atoms with Crippen LogP contribution in [-0.2, 0) is 9.53 Å². The minimum atomic E-state index is -0.681. The highest BCUT2D eigenvalue weighted by atomic mass is 16.5. The van der Waals surface area contributed by atoms with Gasteiger partial charge in [-0.25, -0.2) is 4.79 Å². The fourth-order valence-electron chi connectivity index (χ4n) is 1.39. The summed E-state index contributed by atoms with van der Waals surface area (Å²) in [4.78, 5) is 22.8. The summed E-state index contributed by atoms with van der Waals surface area (Å²) in [5.74, 6) is -0.967. The van der Waals surface area contributed by atoms with Crippen LogP contribution in [0.2, 0.25) is 0 Å². The van der Waals surface area contributed by atoms with Gasteiger partial charge in [0.2, 0.25) is 11.8 Å². The van der Waals surface area contributed by atoms with Crippen molar-refractivity contribution in [2.75, 3.05) is 12.4 Å². The van der Waals surface area contributed by atoms with Gasteiger partial charge in [-0.05, 0) is 19.9 Å². The van der Waals surface area contributed by atoms with Crippen molar-refractivity contribution >= 4 is 17.8 Å². The number of carbonyl (C=O) groups is 2. The van der Waals surface area contributed by atoms with Crippen molar-refractivity contribution in [1.82, 2.24) is 0 Å². The number of methoxy groups -OCH3 is 1. The molecule has 1 aromatic heterocycles. The van der Waals surface area contributed by atoms with Crippen molar-refractivity contribution in [3.8, 4) is 6.07 Å². The molecular formula is C12H12N2O4. The van der Waals surface area contributed by atoms with E-state index in [1.54, 1.807) is 13.0 Å². The van der Waals surface area contributed by atoms with E-state index in [-0.39, 0.29) is 22.8 Å². The molecule has 0 bridgehead atoms. The highest BCUT2D eigenvalue weighted by Crippen LogP contribution is 2.26. The Morgan fingerprint density at radius 2 is 2.17 bits per heavy atom. The average Bonchev–Trinajstić information content (AvgIpc) is 2.64. The molecule has 0 aliphatic rings. The Hall–Kier alpha value is -2.55. The predicted molar refractivity (Wildman–Crippen MR) is 62.9 cm³/mol. The van der Waals surface area contributed by atoms with Crippen LogP contribution in [0.4, 0.5) is 5.88 Å². The number of nitriles is 1. The molecule has 1 aromatic rings. The van der Waals surface area contributed by atoms with Gasteiger partial charge in [0, 0.05) is 0 Å². The SMILES string of the molecule is C/C=C/C(=O)Nc1oc(C)c(C(=O)OC)c1C#N. The number of aryl methyl sites for hydroxylation is 1. The zero-order chi connectivity index (χ0) is 13.7. The largest absolute Gasteiger partial charge is 0.465 e. The Morgan fingerprint density at radius 1 is 1.50 bits per heavy atom. The van der Waals surface area contributed by atoms with E-state index in [0.29, 0.717) is 0 Å². The second-order valence-corrected chi connectivity index (χ2v) is 3.33. The van der Waals surface area contributed by atoms with E-state index >= 15 is 0 Å². The molecule has 1 heterocycles. The lowest BCUT2D eigenvalue weighted by molar-refractivity contribution is -0.112. The monoisotopic (exact) mass is 248 g/mol. The Kier molecular flexibility index (Phi) is 4.27. The van der Waals surface area contributed by atoms with Crippen LogP contribution in [0.1, 0.15) is 28.6 Å². The molecule has 0 saturated carbocycles. The number of anilines is 1. The van der Waals surface area contributed by atoms with E-state index in [4.69, 9.17) is 9.68 Å². The van der Waals surface area contributed by atoms with Crippen molar-refractivity contribution in [1.29, 1.82) is 5.26 Å². The third-order valence-electron chi connectivity index (χ3n) is 2.14. The molecule has 1 N–H and O–H groups in total. The van der Waals surface area contributed by atoms with E-state index in [0.717, 1.165) is 0 Å². The highest BCUT2D eigenvalue weighted by molar-refractivity contribution is 6.01. The maximum absolute atomic E-state index is 11.5. The van der Waals surface area contributed by atoms with Gasteiger partial charge in [-0.1, -0.05) is 6.08 Å². The zero-order valence-corrected chi connectivity index (χ0v) is 10.2. The number of hydrogen-bond donors (Lipinski definition) is 1.